The van der Waals surface area contributed by atoms with Crippen molar-refractivity contribution in [3.63, 3.8) is 0 Å². The molecule has 5 heteroatoms. The normalized spacial score (nSPS) is 12.3. The molecule has 0 saturated heterocycles. The maximum absolute atomic E-state index is 13.2. The van der Waals surface area contributed by atoms with E-state index in [1.807, 2.05) is 49.4 Å². The summed E-state index contributed by atoms with van der Waals surface area (Å²) in [6.45, 7) is 6.01. The van der Waals surface area contributed by atoms with Gasteiger partial charge in [0, 0.05) is 0 Å². The molecule has 0 aliphatic heterocycles. The van der Waals surface area contributed by atoms with Crippen LogP contribution in [0.15, 0.2) is 58.5 Å². The zero-order valence-electron chi connectivity index (χ0n) is 14.4. The molecule has 1 heterocycles. The van der Waals surface area contributed by atoms with E-state index in [2.05, 4.69) is 24.9 Å². The van der Waals surface area contributed by atoms with Gasteiger partial charge in [0.1, 0.15) is 0 Å². The van der Waals surface area contributed by atoms with E-state index in [1.54, 1.807) is 10.6 Å². The Labute approximate surface area is 151 Å². The molecule has 0 radical (unpaired) electrons. The van der Waals surface area contributed by atoms with Crippen LogP contribution in [0.4, 0.5) is 0 Å². The van der Waals surface area contributed by atoms with Gasteiger partial charge in [0.05, 0.1) is 27.9 Å². The van der Waals surface area contributed by atoms with Crippen molar-refractivity contribution < 1.29 is 0 Å². The first-order valence-electron chi connectivity index (χ1n) is 8.20. The summed E-state index contributed by atoms with van der Waals surface area (Å²) in [5.41, 5.74) is 2.45. The van der Waals surface area contributed by atoms with E-state index >= 15 is 0 Å². The molecule has 0 amide bonds. The maximum Gasteiger partial charge on any atom is 0.266 e. The van der Waals surface area contributed by atoms with Crippen molar-refractivity contribution in [2.45, 2.75) is 37.1 Å². The summed E-state index contributed by atoms with van der Waals surface area (Å²) in [5.74, 6) is 0.265. The number of thioether (sulfide) groups is 1. The van der Waals surface area contributed by atoms with Gasteiger partial charge in [-0.3, -0.25) is 9.36 Å². The van der Waals surface area contributed by atoms with Gasteiger partial charge in [-0.05, 0) is 36.6 Å². The lowest BCUT2D eigenvalue weighted by Crippen LogP contribution is -2.23. The Bertz CT molecular complexity index is 1020. The van der Waals surface area contributed by atoms with Gasteiger partial charge in [0.2, 0.25) is 0 Å². The van der Waals surface area contributed by atoms with Crippen molar-refractivity contribution in [2.75, 3.05) is 0 Å². The van der Waals surface area contributed by atoms with Crippen LogP contribution in [0.1, 0.15) is 32.3 Å². The lowest BCUT2D eigenvalue weighted by atomic mass is 10.0. The number of rotatable bonds is 4. The number of hydrogen-bond donors (Lipinski definition) is 0. The van der Waals surface area contributed by atoms with Crippen molar-refractivity contribution in [1.29, 1.82) is 5.26 Å². The highest BCUT2D eigenvalue weighted by Crippen LogP contribution is 2.28. The number of fused-ring (bicyclic) bond motifs is 1. The molecule has 4 nitrogen and oxygen atoms in total. The topological polar surface area (TPSA) is 58.7 Å². The fourth-order valence-corrected chi connectivity index (χ4v) is 3.57. The first kappa shape index (κ1) is 17.2. The number of hydrogen-bond acceptors (Lipinski definition) is 4. The van der Waals surface area contributed by atoms with Crippen molar-refractivity contribution in [2.24, 2.45) is 0 Å². The maximum atomic E-state index is 13.2. The summed E-state index contributed by atoms with van der Waals surface area (Å²) in [6, 6.07) is 17.4. The number of benzene rings is 2. The largest absolute Gasteiger partial charge is 0.268 e. The number of para-hydroxylation sites is 2. The zero-order chi connectivity index (χ0) is 18.0. The zero-order valence-corrected chi connectivity index (χ0v) is 15.2. The molecule has 0 fully saturated rings. The molecule has 0 spiro atoms. The molecule has 3 aromatic rings. The Balaban J connectivity index is 2.37. The average Bonchev–Trinajstić information content (AvgIpc) is 2.62. The monoisotopic (exact) mass is 349 g/mol. The van der Waals surface area contributed by atoms with Gasteiger partial charge in [-0.2, -0.15) is 5.26 Å². The first-order valence-corrected chi connectivity index (χ1v) is 9.08. The standard InChI is InChI=1S/C20H19N3OS/c1-13(2)15-8-5-7-11-18(15)23-19(24)16-9-4-6-10-17(16)22-20(23)25-14(3)12-21/h4-11,13-14H,1-3H3. The average molecular weight is 349 g/mol. The van der Waals surface area contributed by atoms with E-state index in [0.29, 0.717) is 16.1 Å². The molecule has 0 aliphatic carbocycles. The van der Waals surface area contributed by atoms with E-state index < -0.39 is 0 Å². The van der Waals surface area contributed by atoms with Gasteiger partial charge < -0.3 is 0 Å². The van der Waals surface area contributed by atoms with Gasteiger partial charge in [-0.25, -0.2) is 4.98 Å². The van der Waals surface area contributed by atoms with Gasteiger partial charge in [-0.15, -0.1) is 0 Å². The minimum Gasteiger partial charge on any atom is -0.268 e. The molecule has 1 unspecified atom stereocenters. The highest BCUT2D eigenvalue weighted by molar-refractivity contribution is 8.00. The van der Waals surface area contributed by atoms with Crippen LogP contribution in [0, 0.1) is 11.3 Å². The first-order chi connectivity index (χ1) is 12.0. The third kappa shape index (κ3) is 3.31. The second kappa shape index (κ2) is 7.12. The van der Waals surface area contributed by atoms with Gasteiger partial charge >= 0.3 is 0 Å². The van der Waals surface area contributed by atoms with E-state index in [0.717, 1.165) is 11.3 Å². The molecule has 3 rings (SSSR count). The number of nitriles is 1. The highest BCUT2D eigenvalue weighted by Gasteiger charge is 2.18. The minimum absolute atomic E-state index is 0.105. The highest BCUT2D eigenvalue weighted by atomic mass is 32.2. The van der Waals surface area contributed by atoms with Crippen molar-refractivity contribution >= 4 is 22.7 Å². The summed E-state index contributed by atoms with van der Waals surface area (Å²) in [6.07, 6.45) is 0. The van der Waals surface area contributed by atoms with Crippen molar-refractivity contribution in [3.8, 4) is 11.8 Å². The van der Waals surface area contributed by atoms with Gasteiger partial charge in [0.15, 0.2) is 5.16 Å². The second-order valence-electron chi connectivity index (χ2n) is 6.15. The fraction of sp³-hybridized carbons (Fsp3) is 0.250. The summed E-state index contributed by atoms with van der Waals surface area (Å²) in [5, 5.41) is 10.0. The predicted molar refractivity (Wildman–Crippen MR) is 102 cm³/mol. The van der Waals surface area contributed by atoms with E-state index in [-0.39, 0.29) is 16.7 Å². The van der Waals surface area contributed by atoms with Crippen LogP contribution >= 0.6 is 11.8 Å². The van der Waals surface area contributed by atoms with E-state index in [9.17, 15) is 10.1 Å². The van der Waals surface area contributed by atoms with E-state index in [1.165, 1.54) is 11.8 Å². The Hall–Kier alpha value is -2.58. The van der Waals surface area contributed by atoms with Crippen LogP contribution in [-0.4, -0.2) is 14.8 Å². The summed E-state index contributed by atoms with van der Waals surface area (Å²) >= 11 is 1.31. The third-order valence-corrected chi connectivity index (χ3v) is 4.95. The molecule has 126 valence electrons. The smallest absolute Gasteiger partial charge is 0.266 e. The molecule has 0 aliphatic rings. The molecule has 25 heavy (non-hydrogen) atoms. The van der Waals surface area contributed by atoms with Crippen molar-refractivity contribution in [3.05, 3.63) is 64.4 Å². The molecular formula is C20H19N3OS. The Morgan fingerprint density at radius 3 is 2.48 bits per heavy atom. The Kier molecular flexibility index (Phi) is 4.91. The molecule has 0 bridgehead atoms. The molecule has 0 saturated carbocycles. The second-order valence-corrected chi connectivity index (χ2v) is 7.46. The van der Waals surface area contributed by atoms with E-state index in [4.69, 9.17) is 0 Å². The van der Waals surface area contributed by atoms with Crippen LogP contribution in [0.5, 0.6) is 0 Å². The summed E-state index contributed by atoms with van der Waals surface area (Å²) < 4.78 is 1.65. The van der Waals surface area contributed by atoms with Crippen molar-refractivity contribution in [1.82, 2.24) is 9.55 Å². The van der Waals surface area contributed by atoms with Crippen LogP contribution in [-0.2, 0) is 0 Å². The molecule has 2 aromatic carbocycles. The number of aromatic nitrogens is 2. The summed E-state index contributed by atoms with van der Waals surface area (Å²) in [7, 11) is 0. The Morgan fingerprint density at radius 1 is 1.08 bits per heavy atom. The summed E-state index contributed by atoms with van der Waals surface area (Å²) in [4.78, 5) is 17.9. The SMILES string of the molecule is CC(C#N)Sc1nc2ccccc2c(=O)n1-c1ccccc1C(C)C. The van der Waals surface area contributed by atoms with Gasteiger partial charge in [-0.1, -0.05) is 55.9 Å². The molecule has 0 N–H and O–H groups in total. The molecule has 1 aromatic heterocycles. The quantitative estimate of drug-likeness (QED) is 0.513. The lowest BCUT2D eigenvalue weighted by molar-refractivity contribution is 0.779. The van der Waals surface area contributed by atoms with Crippen LogP contribution in [0.3, 0.4) is 0 Å². The van der Waals surface area contributed by atoms with Crippen LogP contribution in [0.2, 0.25) is 0 Å². The number of nitrogens with zero attached hydrogens (tertiary/aromatic N) is 3. The van der Waals surface area contributed by atoms with Crippen LogP contribution in [0.25, 0.3) is 16.6 Å². The Morgan fingerprint density at radius 2 is 1.76 bits per heavy atom. The molecular weight excluding hydrogens is 330 g/mol. The molecule has 1 atom stereocenters. The van der Waals surface area contributed by atoms with Gasteiger partial charge in [0.25, 0.3) is 5.56 Å². The fourth-order valence-electron chi connectivity index (χ4n) is 2.77. The minimum atomic E-state index is -0.300. The third-order valence-electron chi connectivity index (χ3n) is 4.01. The lowest BCUT2D eigenvalue weighted by Gasteiger charge is -2.18. The predicted octanol–water partition coefficient (Wildman–Crippen LogP) is 4.51. The van der Waals surface area contributed by atoms with Crippen LogP contribution < -0.4 is 5.56 Å².